The van der Waals surface area contributed by atoms with Crippen molar-refractivity contribution < 1.29 is 19.1 Å². The minimum absolute atomic E-state index is 0.197. The summed E-state index contributed by atoms with van der Waals surface area (Å²) in [7, 11) is 1.56. The predicted molar refractivity (Wildman–Crippen MR) is 147 cm³/mol. The number of aryl methyl sites for hydroxylation is 1. The standard InChI is InChI=1S/C29H24N2O5S2/c1-16-3-5-17(6-4-16)15-36-21-11-7-18(8-12-21)22-23-25(37-26-24(22)38-29(34)30-26)28(33)31(27(23)32)19-9-13-20(35-2)14-10-19/h3-14,22-23,25H,15H2,1-2H3,(H,30,34)/t22-,23-,25+/m0/s1. The minimum Gasteiger partial charge on any atom is -0.497 e. The van der Waals surface area contributed by atoms with Crippen LogP contribution < -0.4 is 19.2 Å². The van der Waals surface area contributed by atoms with Gasteiger partial charge < -0.3 is 14.5 Å². The fourth-order valence-electron chi connectivity index (χ4n) is 4.98. The Balaban J connectivity index is 1.31. The molecule has 9 heteroatoms. The first kappa shape index (κ1) is 24.5. The van der Waals surface area contributed by atoms with Gasteiger partial charge in [0.05, 0.1) is 23.7 Å². The van der Waals surface area contributed by atoms with Crippen molar-refractivity contribution in [2.75, 3.05) is 12.0 Å². The lowest BCUT2D eigenvalue weighted by Crippen LogP contribution is -2.32. The van der Waals surface area contributed by atoms with Crippen LogP contribution >= 0.6 is 23.1 Å². The number of fused-ring (bicyclic) bond motifs is 2. The van der Waals surface area contributed by atoms with Crippen LogP contribution in [0.4, 0.5) is 5.69 Å². The molecule has 4 aromatic rings. The number of carbonyl (C=O) groups excluding carboxylic acids is 2. The van der Waals surface area contributed by atoms with Crippen LogP contribution in [0.15, 0.2) is 82.6 Å². The summed E-state index contributed by atoms with van der Waals surface area (Å²) in [6.45, 7) is 2.49. The molecule has 0 bridgehead atoms. The molecule has 0 spiro atoms. The predicted octanol–water partition coefficient (Wildman–Crippen LogP) is 5.13. The molecule has 2 aliphatic heterocycles. The Bertz CT molecular complexity index is 1560. The van der Waals surface area contributed by atoms with Crippen molar-refractivity contribution >= 4 is 40.6 Å². The van der Waals surface area contributed by atoms with Crippen molar-refractivity contribution in [2.24, 2.45) is 5.92 Å². The van der Waals surface area contributed by atoms with Crippen molar-refractivity contribution in [1.29, 1.82) is 0 Å². The van der Waals surface area contributed by atoms with Gasteiger partial charge in [0.25, 0.3) is 0 Å². The minimum atomic E-state index is -0.634. The third-order valence-corrected chi connectivity index (χ3v) is 9.32. The van der Waals surface area contributed by atoms with E-state index in [2.05, 4.69) is 4.98 Å². The van der Waals surface area contributed by atoms with Crippen LogP contribution in [0.2, 0.25) is 0 Å². The van der Waals surface area contributed by atoms with Crippen LogP contribution in [0.25, 0.3) is 0 Å². The van der Waals surface area contributed by atoms with E-state index < -0.39 is 17.1 Å². The van der Waals surface area contributed by atoms with Crippen molar-refractivity contribution in [3.05, 3.63) is 104 Å². The number of ether oxygens (including phenoxy) is 2. The first-order chi connectivity index (χ1) is 18.4. The largest absolute Gasteiger partial charge is 0.497 e. The van der Waals surface area contributed by atoms with Gasteiger partial charge in [-0.3, -0.25) is 14.4 Å². The van der Waals surface area contributed by atoms with E-state index in [-0.39, 0.29) is 16.7 Å². The zero-order valence-corrected chi connectivity index (χ0v) is 22.3. The highest BCUT2D eigenvalue weighted by Gasteiger charge is 2.56. The van der Waals surface area contributed by atoms with Gasteiger partial charge in [-0.1, -0.05) is 65.1 Å². The number of thiazole rings is 1. The zero-order chi connectivity index (χ0) is 26.4. The van der Waals surface area contributed by atoms with Crippen LogP contribution in [-0.2, 0) is 16.2 Å². The van der Waals surface area contributed by atoms with E-state index in [4.69, 9.17) is 9.47 Å². The number of amides is 2. The highest BCUT2D eigenvalue weighted by atomic mass is 32.2. The summed E-state index contributed by atoms with van der Waals surface area (Å²) in [5.74, 6) is -0.266. The number of carbonyl (C=O) groups is 2. The molecule has 7 nitrogen and oxygen atoms in total. The molecule has 2 aliphatic rings. The molecule has 38 heavy (non-hydrogen) atoms. The number of aromatic amines is 1. The smallest absolute Gasteiger partial charge is 0.305 e. The second-order valence-electron chi connectivity index (χ2n) is 9.30. The van der Waals surface area contributed by atoms with E-state index in [1.54, 1.807) is 31.4 Å². The highest BCUT2D eigenvalue weighted by molar-refractivity contribution is 8.00. The van der Waals surface area contributed by atoms with Crippen molar-refractivity contribution in [2.45, 2.75) is 29.7 Å². The normalized spacial score (nSPS) is 20.3. The first-order valence-electron chi connectivity index (χ1n) is 12.1. The average Bonchev–Trinajstić information content (AvgIpc) is 3.43. The molecule has 3 aromatic carbocycles. The molecule has 1 saturated heterocycles. The van der Waals surface area contributed by atoms with Crippen molar-refractivity contribution in [1.82, 2.24) is 4.98 Å². The van der Waals surface area contributed by atoms with Crippen LogP contribution in [0.1, 0.15) is 27.5 Å². The molecular weight excluding hydrogens is 520 g/mol. The number of H-pyrrole nitrogens is 1. The number of hydrogen-bond acceptors (Lipinski definition) is 7. The van der Waals surface area contributed by atoms with Gasteiger partial charge >= 0.3 is 4.87 Å². The number of anilines is 1. The van der Waals surface area contributed by atoms with E-state index >= 15 is 0 Å². The third kappa shape index (κ3) is 4.31. The van der Waals surface area contributed by atoms with Crippen molar-refractivity contribution in [3.8, 4) is 11.5 Å². The lowest BCUT2D eigenvalue weighted by atomic mass is 9.83. The summed E-state index contributed by atoms with van der Waals surface area (Å²) in [6, 6.07) is 22.6. The number of imide groups is 1. The third-order valence-electron chi connectivity index (χ3n) is 6.92. The Morgan fingerprint density at radius 2 is 1.55 bits per heavy atom. The Kier molecular flexibility index (Phi) is 6.33. The molecule has 0 saturated carbocycles. The van der Waals surface area contributed by atoms with Gasteiger partial charge in [-0.15, -0.1) is 0 Å². The summed E-state index contributed by atoms with van der Waals surface area (Å²) in [5, 5.41) is 0.0218. The maximum absolute atomic E-state index is 13.8. The molecule has 1 fully saturated rings. The van der Waals surface area contributed by atoms with Gasteiger partial charge in [0.2, 0.25) is 11.8 Å². The van der Waals surface area contributed by atoms with Gasteiger partial charge in [0.1, 0.15) is 23.4 Å². The lowest BCUT2D eigenvalue weighted by molar-refractivity contribution is -0.122. The van der Waals surface area contributed by atoms with Gasteiger partial charge in [0.15, 0.2) is 0 Å². The van der Waals surface area contributed by atoms with E-state index in [1.807, 2.05) is 55.5 Å². The summed E-state index contributed by atoms with van der Waals surface area (Å²) in [5.41, 5.74) is 3.63. The van der Waals surface area contributed by atoms with Crippen LogP contribution in [0, 0.1) is 12.8 Å². The average molecular weight is 545 g/mol. The Morgan fingerprint density at radius 1 is 0.868 bits per heavy atom. The summed E-state index contributed by atoms with van der Waals surface area (Å²) in [4.78, 5) is 44.4. The summed E-state index contributed by atoms with van der Waals surface area (Å²) in [6.07, 6.45) is 0. The molecule has 3 atom stereocenters. The number of nitrogens with zero attached hydrogens (tertiary/aromatic N) is 1. The molecule has 1 N–H and O–H groups in total. The second kappa shape index (κ2) is 9.81. The molecular formula is C29H24N2O5S2. The maximum atomic E-state index is 13.8. The van der Waals surface area contributed by atoms with E-state index in [9.17, 15) is 14.4 Å². The monoisotopic (exact) mass is 544 g/mol. The Hall–Kier alpha value is -3.82. The van der Waals surface area contributed by atoms with E-state index in [0.29, 0.717) is 28.8 Å². The first-order valence-corrected chi connectivity index (χ1v) is 13.8. The number of methoxy groups -OCH3 is 1. The molecule has 0 radical (unpaired) electrons. The SMILES string of the molecule is COc1ccc(N2C(=O)[C@H]3[C@H](c4ccc(OCc5ccc(C)cc5)cc4)c4sc(=O)[nH]c4S[C@H]3C2=O)cc1. The maximum Gasteiger partial charge on any atom is 0.305 e. The molecule has 192 valence electrons. The van der Waals surface area contributed by atoms with Gasteiger partial charge in [-0.2, -0.15) is 0 Å². The van der Waals surface area contributed by atoms with E-state index in [0.717, 1.165) is 27.3 Å². The number of thioether (sulfide) groups is 1. The van der Waals surface area contributed by atoms with Crippen LogP contribution in [0.3, 0.4) is 0 Å². The highest BCUT2D eigenvalue weighted by Crippen LogP contribution is 2.53. The number of benzene rings is 3. The molecule has 1 aromatic heterocycles. The quantitative estimate of drug-likeness (QED) is 0.339. The Labute approximate surface area is 227 Å². The number of hydrogen-bond donors (Lipinski definition) is 1. The lowest BCUT2D eigenvalue weighted by Gasteiger charge is -2.29. The molecule has 2 amide bonds. The zero-order valence-electron chi connectivity index (χ0n) is 20.7. The number of aromatic nitrogens is 1. The second-order valence-corrected chi connectivity index (χ2v) is 11.5. The van der Waals surface area contributed by atoms with Crippen LogP contribution in [0.5, 0.6) is 11.5 Å². The number of nitrogens with one attached hydrogen (secondary N) is 1. The topological polar surface area (TPSA) is 88.7 Å². The number of rotatable bonds is 6. The molecule has 0 aliphatic carbocycles. The van der Waals surface area contributed by atoms with Crippen molar-refractivity contribution in [3.63, 3.8) is 0 Å². The summed E-state index contributed by atoms with van der Waals surface area (Å²) >= 11 is 2.37. The molecule has 6 rings (SSSR count). The fourth-order valence-corrected chi connectivity index (χ4v) is 7.50. The Morgan fingerprint density at radius 3 is 2.24 bits per heavy atom. The molecule has 0 unspecified atom stereocenters. The van der Waals surface area contributed by atoms with Crippen LogP contribution in [-0.4, -0.2) is 29.2 Å². The van der Waals surface area contributed by atoms with Gasteiger partial charge in [-0.05, 0) is 54.4 Å². The summed E-state index contributed by atoms with van der Waals surface area (Å²) < 4.78 is 11.2. The van der Waals surface area contributed by atoms with Gasteiger partial charge in [-0.25, -0.2) is 4.90 Å². The van der Waals surface area contributed by atoms with E-state index in [1.165, 1.54) is 22.2 Å². The fraction of sp³-hybridized carbons (Fsp3) is 0.207. The molecule has 3 heterocycles. The van der Waals surface area contributed by atoms with Gasteiger partial charge in [0, 0.05) is 10.8 Å².